The van der Waals surface area contributed by atoms with Crippen molar-refractivity contribution in [1.82, 2.24) is 10.2 Å². The van der Waals surface area contributed by atoms with E-state index in [1.54, 1.807) is 0 Å². The summed E-state index contributed by atoms with van der Waals surface area (Å²) in [6, 6.07) is -0.477. The van der Waals surface area contributed by atoms with E-state index in [0.717, 1.165) is 32.4 Å². The van der Waals surface area contributed by atoms with Crippen molar-refractivity contribution in [2.24, 2.45) is 11.7 Å². The zero-order chi connectivity index (χ0) is 14.3. The molecule has 1 heterocycles. The van der Waals surface area contributed by atoms with Crippen molar-refractivity contribution in [3.63, 3.8) is 0 Å². The number of nitrogens with one attached hydrogen (secondary N) is 1. The molecule has 0 spiro atoms. The van der Waals surface area contributed by atoms with E-state index in [0.29, 0.717) is 13.0 Å². The lowest BCUT2D eigenvalue weighted by Gasteiger charge is -2.27. The number of amides is 2. The zero-order valence-corrected chi connectivity index (χ0v) is 12.2. The third-order valence-electron chi connectivity index (χ3n) is 3.91. The standard InChI is InChI=1S/C14H27N3O2/c1-3-11(2)13(15)14(19)16-8-7-12(18)17-9-5-4-6-10-17/h11,13H,3-10,15H2,1-2H3,(H,16,19)/t11-,13-/m0/s1. The molecular weight excluding hydrogens is 242 g/mol. The van der Waals surface area contributed by atoms with Crippen LogP contribution >= 0.6 is 0 Å². The lowest BCUT2D eigenvalue weighted by molar-refractivity contribution is -0.132. The van der Waals surface area contributed by atoms with Gasteiger partial charge in [0.2, 0.25) is 11.8 Å². The maximum atomic E-state index is 11.9. The maximum absolute atomic E-state index is 11.9. The van der Waals surface area contributed by atoms with Gasteiger partial charge >= 0.3 is 0 Å². The van der Waals surface area contributed by atoms with Crippen LogP contribution in [0.2, 0.25) is 0 Å². The van der Waals surface area contributed by atoms with Crippen LogP contribution in [-0.4, -0.2) is 42.4 Å². The first-order valence-electron chi connectivity index (χ1n) is 7.37. The molecule has 0 aromatic carbocycles. The average molecular weight is 269 g/mol. The van der Waals surface area contributed by atoms with Crippen molar-refractivity contribution >= 4 is 11.8 Å². The minimum atomic E-state index is -0.477. The smallest absolute Gasteiger partial charge is 0.237 e. The summed E-state index contributed by atoms with van der Waals surface area (Å²) < 4.78 is 0. The predicted molar refractivity (Wildman–Crippen MR) is 75.5 cm³/mol. The van der Waals surface area contributed by atoms with Gasteiger partial charge in [-0.25, -0.2) is 0 Å². The van der Waals surface area contributed by atoms with Gasteiger partial charge in [-0.05, 0) is 25.2 Å². The summed E-state index contributed by atoms with van der Waals surface area (Å²) in [5.41, 5.74) is 5.82. The van der Waals surface area contributed by atoms with Crippen LogP contribution in [0.5, 0.6) is 0 Å². The lowest BCUT2D eigenvalue weighted by atomic mass is 9.99. The molecule has 1 aliphatic heterocycles. The van der Waals surface area contributed by atoms with Gasteiger partial charge in [0, 0.05) is 26.1 Å². The number of hydrogen-bond donors (Lipinski definition) is 2. The topological polar surface area (TPSA) is 75.4 Å². The van der Waals surface area contributed by atoms with E-state index in [4.69, 9.17) is 5.73 Å². The predicted octanol–water partition coefficient (Wildman–Crippen LogP) is 0.879. The summed E-state index contributed by atoms with van der Waals surface area (Å²) >= 11 is 0. The number of nitrogens with zero attached hydrogens (tertiary/aromatic N) is 1. The average Bonchev–Trinajstić information content (AvgIpc) is 2.46. The molecule has 5 heteroatoms. The van der Waals surface area contributed by atoms with E-state index in [-0.39, 0.29) is 17.7 Å². The van der Waals surface area contributed by atoms with Crippen LogP contribution in [0.25, 0.3) is 0 Å². The summed E-state index contributed by atoms with van der Waals surface area (Å²) in [5, 5.41) is 2.76. The molecule has 5 nitrogen and oxygen atoms in total. The quantitative estimate of drug-likeness (QED) is 0.751. The van der Waals surface area contributed by atoms with Crippen molar-refractivity contribution in [2.75, 3.05) is 19.6 Å². The van der Waals surface area contributed by atoms with Crippen molar-refractivity contribution in [3.8, 4) is 0 Å². The van der Waals surface area contributed by atoms with Gasteiger partial charge < -0.3 is 16.0 Å². The SMILES string of the molecule is CC[C@H](C)[C@H](N)C(=O)NCCC(=O)N1CCCCC1. The molecule has 19 heavy (non-hydrogen) atoms. The number of likely N-dealkylation sites (tertiary alicyclic amines) is 1. The Hall–Kier alpha value is -1.10. The van der Waals surface area contributed by atoms with Gasteiger partial charge in [-0.15, -0.1) is 0 Å². The number of carbonyl (C=O) groups excluding carboxylic acids is 2. The Morgan fingerprint density at radius 3 is 2.47 bits per heavy atom. The van der Waals surface area contributed by atoms with Crippen molar-refractivity contribution in [2.45, 2.75) is 52.0 Å². The molecule has 1 rings (SSSR count). The van der Waals surface area contributed by atoms with Gasteiger partial charge in [0.05, 0.1) is 6.04 Å². The minimum absolute atomic E-state index is 0.136. The van der Waals surface area contributed by atoms with Crippen LogP contribution in [0, 0.1) is 5.92 Å². The van der Waals surface area contributed by atoms with Gasteiger partial charge in [-0.3, -0.25) is 9.59 Å². The summed E-state index contributed by atoms with van der Waals surface area (Å²) in [5.74, 6) is 0.149. The Bertz CT molecular complexity index is 287. The first kappa shape index (κ1) is 16.0. The van der Waals surface area contributed by atoms with Crippen LogP contribution in [0.15, 0.2) is 0 Å². The van der Waals surface area contributed by atoms with Crippen molar-refractivity contribution in [1.29, 1.82) is 0 Å². The highest BCUT2D eigenvalue weighted by Crippen LogP contribution is 2.09. The van der Waals surface area contributed by atoms with Crippen molar-refractivity contribution < 1.29 is 9.59 Å². The Morgan fingerprint density at radius 1 is 1.26 bits per heavy atom. The van der Waals surface area contributed by atoms with Gasteiger partial charge in [-0.2, -0.15) is 0 Å². The molecule has 1 fully saturated rings. The van der Waals surface area contributed by atoms with Crippen LogP contribution < -0.4 is 11.1 Å². The Labute approximate surface area is 115 Å². The highest BCUT2D eigenvalue weighted by atomic mass is 16.2. The second-order valence-electron chi connectivity index (χ2n) is 5.39. The Morgan fingerprint density at radius 2 is 1.89 bits per heavy atom. The van der Waals surface area contributed by atoms with E-state index in [2.05, 4.69) is 5.32 Å². The highest BCUT2D eigenvalue weighted by molar-refractivity contribution is 5.82. The van der Waals surface area contributed by atoms with Gasteiger partial charge in [0.25, 0.3) is 0 Å². The third kappa shape index (κ3) is 5.19. The van der Waals surface area contributed by atoms with E-state index < -0.39 is 6.04 Å². The first-order chi connectivity index (χ1) is 9.06. The second-order valence-corrected chi connectivity index (χ2v) is 5.39. The molecule has 3 N–H and O–H groups in total. The summed E-state index contributed by atoms with van der Waals surface area (Å²) in [7, 11) is 0. The molecule has 110 valence electrons. The number of carbonyl (C=O) groups is 2. The highest BCUT2D eigenvalue weighted by Gasteiger charge is 2.20. The molecule has 0 radical (unpaired) electrons. The maximum Gasteiger partial charge on any atom is 0.237 e. The molecular formula is C14H27N3O2. The molecule has 0 aromatic rings. The monoisotopic (exact) mass is 269 g/mol. The van der Waals surface area contributed by atoms with E-state index in [1.165, 1.54) is 6.42 Å². The Kier molecular flexibility index (Phi) is 6.84. The summed E-state index contributed by atoms with van der Waals surface area (Å²) in [4.78, 5) is 25.5. The minimum Gasteiger partial charge on any atom is -0.354 e. The van der Waals surface area contributed by atoms with Crippen LogP contribution in [0.4, 0.5) is 0 Å². The first-order valence-corrected chi connectivity index (χ1v) is 7.37. The second kappa shape index (κ2) is 8.15. The molecule has 0 unspecified atom stereocenters. The zero-order valence-electron chi connectivity index (χ0n) is 12.2. The molecule has 1 aliphatic rings. The summed E-state index contributed by atoms with van der Waals surface area (Å²) in [6.45, 7) is 6.08. The van der Waals surface area contributed by atoms with Crippen LogP contribution in [-0.2, 0) is 9.59 Å². The molecule has 0 bridgehead atoms. The summed E-state index contributed by atoms with van der Waals surface area (Å²) in [6.07, 6.45) is 4.65. The third-order valence-corrected chi connectivity index (χ3v) is 3.91. The van der Waals surface area contributed by atoms with Gasteiger partial charge in [0.1, 0.15) is 0 Å². The normalized spacial score (nSPS) is 18.8. The van der Waals surface area contributed by atoms with E-state index >= 15 is 0 Å². The fraction of sp³-hybridized carbons (Fsp3) is 0.857. The molecule has 0 aliphatic carbocycles. The van der Waals surface area contributed by atoms with Gasteiger partial charge in [0.15, 0.2) is 0 Å². The Balaban J connectivity index is 2.22. The number of nitrogens with two attached hydrogens (primary N) is 1. The fourth-order valence-corrected chi connectivity index (χ4v) is 2.22. The molecule has 0 saturated carbocycles. The van der Waals surface area contributed by atoms with E-state index in [9.17, 15) is 9.59 Å². The number of hydrogen-bond acceptors (Lipinski definition) is 3. The van der Waals surface area contributed by atoms with Crippen LogP contribution in [0.3, 0.4) is 0 Å². The molecule has 1 saturated heterocycles. The largest absolute Gasteiger partial charge is 0.354 e. The fourth-order valence-electron chi connectivity index (χ4n) is 2.22. The molecule has 2 amide bonds. The van der Waals surface area contributed by atoms with Crippen LogP contribution in [0.1, 0.15) is 46.0 Å². The number of rotatable bonds is 6. The van der Waals surface area contributed by atoms with Crippen molar-refractivity contribution in [3.05, 3.63) is 0 Å². The lowest BCUT2D eigenvalue weighted by Crippen LogP contribution is -2.45. The number of piperidine rings is 1. The van der Waals surface area contributed by atoms with Gasteiger partial charge in [-0.1, -0.05) is 20.3 Å². The molecule has 2 atom stereocenters. The van der Waals surface area contributed by atoms with E-state index in [1.807, 2.05) is 18.7 Å². The molecule has 0 aromatic heterocycles.